The van der Waals surface area contributed by atoms with Gasteiger partial charge in [-0.1, -0.05) is 0 Å². The number of aliphatic hydroxyl groups excluding tert-OH is 1. The first-order chi connectivity index (χ1) is 12.0. The lowest BCUT2D eigenvalue weighted by Gasteiger charge is -2.26. The summed E-state index contributed by atoms with van der Waals surface area (Å²) in [6.07, 6.45) is 6.81. The van der Waals surface area contributed by atoms with Crippen LogP contribution in [0.1, 0.15) is 21.6 Å². The molecule has 0 aliphatic carbocycles. The van der Waals surface area contributed by atoms with E-state index in [2.05, 4.69) is 20.3 Å². The molecule has 132 valence electrons. The van der Waals surface area contributed by atoms with Gasteiger partial charge in [-0.25, -0.2) is 4.98 Å². The summed E-state index contributed by atoms with van der Waals surface area (Å²) in [5.41, 5.74) is 0.917. The van der Waals surface area contributed by atoms with Gasteiger partial charge >= 0.3 is 0 Å². The van der Waals surface area contributed by atoms with E-state index in [1.807, 2.05) is 17.9 Å². The van der Waals surface area contributed by atoms with Crippen LogP contribution in [0.15, 0.2) is 37.1 Å². The van der Waals surface area contributed by atoms with Crippen LogP contribution in [-0.2, 0) is 6.54 Å². The van der Waals surface area contributed by atoms with E-state index in [4.69, 9.17) is 0 Å². The van der Waals surface area contributed by atoms with E-state index in [-0.39, 0.29) is 18.8 Å². The molecule has 3 rings (SSSR count). The van der Waals surface area contributed by atoms with Gasteiger partial charge in [-0.15, -0.1) is 0 Å². The standard InChI is InChI=1S/C17H21N5O3/c1-12-6-18-3-2-13(12)8-22-9-15(23)17(25,11-22)10-21-16(24)14-7-19-4-5-20-14/h2-7,15,23,25H,8-11H2,1H3,(H,21,24)/t15-,17+/m1/s1. The van der Waals surface area contributed by atoms with E-state index in [0.717, 1.165) is 11.1 Å². The molecule has 8 heteroatoms. The molecule has 1 fully saturated rings. The lowest BCUT2D eigenvalue weighted by molar-refractivity contribution is -0.0377. The molecule has 0 aromatic carbocycles. The fraction of sp³-hybridized carbons (Fsp3) is 0.412. The van der Waals surface area contributed by atoms with Crippen molar-refractivity contribution in [2.45, 2.75) is 25.2 Å². The molecule has 0 saturated carbocycles. The highest BCUT2D eigenvalue weighted by Crippen LogP contribution is 2.23. The van der Waals surface area contributed by atoms with Crippen molar-refractivity contribution in [3.05, 3.63) is 53.9 Å². The third-order valence-electron chi connectivity index (χ3n) is 4.43. The maximum absolute atomic E-state index is 12.0. The Morgan fingerprint density at radius 3 is 2.88 bits per heavy atom. The lowest BCUT2D eigenvalue weighted by Crippen LogP contribution is -2.51. The molecular formula is C17H21N5O3. The highest BCUT2D eigenvalue weighted by atomic mass is 16.3. The highest BCUT2D eigenvalue weighted by molar-refractivity contribution is 5.91. The van der Waals surface area contributed by atoms with Crippen molar-refractivity contribution in [3.63, 3.8) is 0 Å². The number of aliphatic hydroxyl groups is 2. The smallest absolute Gasteiger partial charge is 0.271 e. The van der Waals surface area contributed by atoms with Crippen molar-refractivity contribution >= 4 is 5.91 Å². The van der Waals surface area contributed by atoms with E-state index in [1.54, 1.807) is 12.4 Å². The van der Waals surface area contributed by atoms with Gasteiger partial charge in [0, 0.05) is 44.4 Å². The number of nitrogens with zero attached hydrogens (tertiary/aromatic N) is 4. The molecule has 0 spiro atoms. The molecule has 25 heavy (non-hydrogen) atoms. The van der Waals surface area contributed by atoms with Gasteiger partial charge in [-0.05, 0) is 24.1 Å². The maximum Gasteiger partial charge on any atom is 0.271 e. The van der Waals surface area contributed by atoms with Crippen LogP contribution in [0.4, 0.5) is 0 Å². The molecular weight excluding hydrogens is 322 g/mol. The van der Waals surface area contributed by atoms with Crippen LogP contribution in [0.5, 0.6) is 0 Å². The van der Waals surface area contributed by atoms with Crippen LogP contribution in [0.2, 0.25) is 0 Å². The third kappa shape index (κ3) is 3.98. The van der Waals surface area contributed by atoms with Crippen molar-refractivity contribution < 1.29 is 15.0 Å². The number of aromatic nitrogens is 3. The average Bonchev–Trinajstić information content (AvgIpc) is 2.90. The average molecular weight is 343 g/mol. The van der Waals surface area contributed by atoms with Gasteiger partial charge in [0.1, 0.15) is 11.3 Å². The number of pyridine rings is 1. The summed E-state index contributed by atoms with van der Waals surface area (Å²) in [5, 5.41) is 23.6. The first kappa shape index (κ1) is 17.4. The largest absolute Gasteiger partial charge is 0.389 e. The van der Waals surface area contributed by atoms with E-state index in [1.165, 1.54) is 18.6 Å². The quantitative estimate of drug-likeness (QED) is 0.672. The number of likely N-dealkylation sites (tertiary alicyclic amines) is 1. The molecule has 0 bridgehead atoms. The Labute approximate surface area is 145 Å². The van der Waals surface area contributed by atoms with Gasteiger partial charge in [0.2, 0.25) is 0 Å². The minimum atomic E-state index is -1.40. The second-order valence-electron chi connectivity index (χ2n) is 6.36. The zero-order chi connectivity index (χ0) is 17.9. The second-order valence-corrected chi connectivity index (χ2v) is 6.36. The number of hydrogen-bond donors (Lipinski definition) is 3. The van der Waals surface area contributed by atoms with E-state index < -0.39 is 17.6 Å². The van der Waals surface area contributed by atoms with E-state index in [9.17, 15) is 15.0 Å². The van der Waals surface area contributed by atoms with Gasteiger partial charge in [0.25, 0.3) is 5.91 Å². The van der Waals surface area contributed by atoms with Gasteiger partial charge in [0.15, 0.2) is 0 Å². The molecule has 1 aliphatic rings. The minimum Gasteiger partial charge on any atom is -0.389 e. The Balaban J connectivity index is 1.60. The fourth-order valence-electron chi connectivity index (χ4n) is 2.93. The molecule has 3 N–H and O–H groups in total. The Hall–Kier alpha value is -2.42. The predicted octanol–water partition coefficient (Wildman–Crippen LogP) is -0.482. The molecule has 1 saturated heterocycles. The van der Waals surface area contributed by atoms with Crippen LogP contribution in [0, 0.1) is 6.92 Å². The molecule has 2 aromatic heterocycles. The van der Waals surface area contributed by atoms with Gasteiger partial charge in [-0.2, -0.15) is 0 Å². The number of nitrogens with one attached hydrogen (secondary N) is 1. The van der Waals surface area contributed by atoms with Gasteiger partial charge in [0.05, 0.1) is 18.8 Å². The first-order valence-corrected chi connectivity index (χ1v) is 8.04. The Morgan fingerprint density at radius 2 is 2.16 bits per heavy atom. The molecule has 0 unspecified atom stereocenters. The zero-order valence-corrected chi connectivity index (χ0v) is 14.0. The number of β-amino-alcohol motifs (C(OH)–C–C–N with tert-alkyl or cyclic N) is 2. The SMILES string of the molecule is Cc1cnccc1CN1C[C@@H](O)[C@](O)(CNC(=O)c2cnccn2)C1. The number of aryl methyl sites for hydroxylation is 1. The van der Waals surface area contributed by atoms with Crippen molar-refractivity contribution in [2.24, 2.45) is 0 Å². The number of rotatable bonds is 5. The monoisotopic (exact) mass is 343 g/mol. The van der Waals surface area contributed by atoms with Crippen LogP contribution in [-0.4, -0.2) is 67.3 Å². The van der Waals surface area contributed by atoms with Crippen LogP contribution in [0.25, 0.3) is 0 Å². The summed E-state index contributed by atoms with van der Waals surface area (Å²) >= 11 is 0. The second kappa shape index (κ2) is 7.22. The third-order valence-corrected chi connectivity index (χ3v) is 4.43. The maximum atomic E-state index is 12.0. The summed E-state index contributed by atoms with van der Waals surface area (Å²) in [7, 11) is 0. The van der Waals surface area contributed by atoms with Crippen molar-refractivity contribution in [3.8, 4) is 0 Å². The minimum absolute atomic E-state index is 0.0601. The molecule has 1 aliphatic heterocycles. The summed E-state index contributed by atoms with van der Waals surface area (Å²) in [6.45, 7) is 3.11. The van der Waals surface area contributed by atoms with Gasteiger partial charge < -0.3 is 15.5 Å². The van der Waals surface area contributed by atoms with Crippen LogP contribution < -0.4 is 5.32 Å². The van der Waals surface area contributed by atoms with Crippen molar-refractivity contribution in [2.75, 3.05) is 19.6 Å². The Kier molecular flexibility index (Phi) is 5.03. The van der Waals surface area contributed by atoms with Crippen molar-refractivity contribution in [1.82, 2.24) is 25.2 Å². The fourth-order valence-corrected chi connectivity index (χ4v) is 2.93. The lowest BCUT2D eigenvalue weighted by atomic mass is 10.0. The number of carbonyl (C=O) groups is 1. The summed E-state index contributed by atoms with van der Waals surface area (Å²) in [4.78, 5) is 25.8. The Bertz CT molecular complexity index is 742. The predicted molar refractivity (Wildman–Crippen MR) is 89.6 cm³/mol. The number of hydrogen-bond acceptors (Lipinski definition) is 7. The van der Waals surface area contributed by atoms with Crippen molar-refractivity contribution in [1.29, 1.82) is 0 Å². The summed E-state index contributed by atoms with van der Waals surface area (Å²) in [6, 6.07) is 1.93. The molecule has 3 heterocycles. The molecule has 1 amide bonds. The summed E-state index contributed by atoms with van der Waals surface area (Å²) < 4.78 is 0. The Morgan fingerprint density at radius 1 is 1.36 bits per heavy atom. The molecule has 8 nitrogen and oxygen atoms in total. The normalized spacial score (nSPS) is 23.6. The highest BCUT2D eigenvalue weighted by Gasteiger charge is 2.44. The van der Waals surface area contributed by atoms with E-state index in [0.29, 0.717) is 13.1 Å². The topological polar surface area (TPSA) is 111 Å². The van der Waals surface area contributed by atoms with Crippen LogP contribution in [0.3, 0.4) is 0 Å². The van der Waals surface area contributed by atoms with Crippen LogP contribution >= 0.6 is 0 Å². The zero-order valence-electron chi connectivity index (χ0n) is 14.0. The van der Waals surface area contributed by atoms with E-state index >= 15 is 0 Å². The summed E-state index contributed by atoms with van der Waals surface area (Å²) in [5.74, 6) is -0.433. The number of amides is 1. The first-order valence-electron chi connectivity index (χ1n) is 8.04. The van der Waals surface area contributed by atoms with Gasteiger partial charge in [-0.3, -0.25) is 19.7 Å². The molecule has 2 aromatic rings. The number of carbonyl (C=O) groups excluding carboxylic acids is 1. The molecule has 2 atom stereocenters. The molecule has 0 radical (unpaired) electrons.